The number of aromatic nitrogens is 1. The Balaban J connectivity index is 1.99. The molecule has 0 aliphatic heterocycles. The smallest absolute Gasteiger partial charge is 0.323 e. The van der Waals surface area contributed by atoms with Gasteiger partial charge in [-0.15, -0.1) is 11.8 Å². The summed E-state index contributed by atoms with van der Waals surface area (Å²) in [5, 5.41) is 14.5. The van der Waals surface area contributed by atoms with Crippen LogP contribution in [0.15, 0.2) is 23.4 Å². The molecule has 2 unspecified atom stereocenters. The molecular weight excluding hydrogens is 296 g/mol. The van der Waals surface area contributed by atoms with Gasteiger partial charge in [0.25, 0.3) is 0 Å². The minimum Gasteiger partial charge on any atom is -0.480 e. The van der Waals surface area contributed by atoms with Crippen molar-refractivity contribution in [2.75, 3.05) is 6.54 Å². The molecule has 2 rings (SSSR count). The van der Waals surface area contributed by atoms with Crippen molar-refractivity contribution in [2.45, 2.75) is 48.4 Å². The molecule has 1 fully saturated rings. The molecule has 2 atom stereocenters. The Morgan fingerprint density at radius 2 is 2.45 bits per heavy atom. The van der Waals surface area contributed by atoms with Gasteiger partial charge in [0, 0.05) is 11.4 Å². The summed E-state index contributed by atoms with van der Waals surface area (Å²) in [5.74, 6) is -0.738. The van der Waals surface area contributed by atoms with Crippen molar-refractivity contribution in [3.8, 4) is 0 Å². The van der Waals surface area contributed by atoms with Gasteiger partial charge in [-0.25, -0.2) is 4.98 Å². The molecule has 2 N–H and O–H groups in total. The molecule has 1 aliphatic carbocycles. The van der Waals surface area contributed by atoms with Gasteiger partial charge < -0.3 is 10.4 Å². The second-order valence-corrected chi connectivity index (χ2v) is 6.87. The van der Waals surface area contributed by atoms with Gasteiger partial charge in [0.1, 0.15) is 5.54 Å². The predicted molar refractivity (Wildman–Crippen MR) is 81.4 cm³/mol. The van der Waals surface area contributed by atoms with E-state index >= 15 is 0 Å². The number of nitrogens with one attached hydrogen (secondary N) is 1. The third-order valence-corrected chi connectivity index (χ3v) is 5.02. The van der Waals surface area contributed by atoms with Crippen molar-refractivity contribution in [1.82, 2.24) is 10.3 Å². The zero-order valence-corrected chi connectivity index (χ0v) is 13.0. The molecule has 20 heavy (non-hydrogen) atoms. The number of pyridine rings is 1. The van der Waals surface area contributed by atoms with Crippen molar-refractivity contribution in [2.24, 2.45) is 0 Å². The Hall–Kier alpha value is -0.780. The Morgan fingerprint density at radius 1 is 1.65 bits per heavy atom. The van der Waals surface area contributed by atoms with Crippen LogP contribution in [-0.2, 0) is 4.79 Å². The van der Waals surface area contributed by atoms with Gasteiger partial charge >= 0.3 is 5.97 Å². The maximum absolute atomic E-state index is 11.6. The predicted octanol–water partition coefficient (Wildman–Crippen LogP) is 3.20. The van der Waals surface area contributed by atoms with E-state index in [1.54, 1.807) is 18.0 Å². The first-order valence-electron chi connectivity index (χ1n) is 6.82. The summed E-state index contributed by atoms with van der Waals surface area (Å²) in [7, 11) is 0. The van der Waals surface area contributed by atoms with Crippen LogP contribution in [0.1, 0.15) is 32.6 Å². The minimum absolute atomic E-state index is 0.282. The van der Waals surface area contributed by atoms with Gasteiger partial charge in [-0.3, -0.25) is 4.79 Å². The number of hydrogen-bond acceptors (Lipinski definition) is 4. The normalized spacial score (nSPS) is 25.8. The average Bonchev–Trinajstić information content (AvgIpc) is 2.84. The fourth-order valence-corrected chi connectivity index (χ4v) is 3.82. The summed E-state index contributed by atoms with van der Waals surface area (Å²) in [4.78, 5) is 15.8. The number of thioether (sulfide) groups is 1. The number of aliphatic carboxylic acids is 1. The van der Waals surface area contributed by atoms with Gasteiger partial charge in [0.2, 0.25) is 0 Å². The van der Waals surface area contributed by atoms with Crippen LogP contribution >= 0.6 is 23.4 Å². The number of carboxylic acids is 1. The molecule has 1 aliphatic rings. The first-order chi connectivity index (χ1) is 9.55. The van der Waals surface area contributed by atoms with E-state index in [-0.39, 0.29) is 5.25 Å². The first kappa shape index (κ1) is 15.6. The van der Waals surface area contributed by atoms with Crippen molar-refractivity contribution in [3.63, 3.8) is 0 Å². The van der Waals surface area contributed by atoms with Crippen LogP contribution in [0.2, 0.25) is 5.02 Å². The number of carbonyl (C=O) groups is 1. The monoisotopic (exact) mass is 314 g/mol. The Morgan fingerprint density at radius 3 is 3.05 bits per heavy atom. The molecular formula is C14H19ClN2O2S. The van der Waals surface area contributed by atoms with E-state index in [1.165, 1.54) is 0 Å². The van der Waals surface area contributed by atoms with Crippen LogP contribution in [-0.4, -0.2) is 33.4 Å². The number of halogens is 1. The molecule has 4 nitrogen and oxygen atoms in total. The highest BCUT2D eigenvalue weighted by Gasteiger charge is 2.45. The lowest BCUT2D eigenvalue weighted by molar-refractivity contribution is -0.144. The zero-order chi connectivity index (χ0) is 14.6. The second-order valence-electron chi connectivity index (χ2n) is 5.11. The quantitative estimate of drug-likeness (QED) is 0.844. The molecule has 1 heterocycles. The summed E-state index contributed by atoms with van der Waals surface area (Å²) in [5.41, 5.74) is -0.764. The van der Waals surface area contributed by atoms with Gasteiger partial charge in [0.15, 0.2) is 0 Å². The van der Waals surface area contributed by atoms with Gasteiger partial charge in [-0.05, 0) is 44.4 Å². The molecule has 0 aromatic carbocycles. The van der Waals surface area contributed by atoms with Crippen molar-refractivity contribution in [1.29, 1.82) is 0 Å². The van der Waals surface area contributed by atoms with Crippen LogP contribution in [0.5, 0.6) is 0 Å². The van der Waals surface area contributed by atoms with E-state index in [9.17, 15) is 9.90 Å². The molecule has 1 aromatic rings. The van der Waals surface area contributed by atoms with E-state index in [1.807, 2.05) is 19.1 Å². The molecule has 1 aromatic heterocycles. The highest BCUT2D eigenvalue weighted by Crippen LogP contribution is 2.40. The summed E-state index contributed by atoms with van der Waals surface area (Å²) >= 11 is 7.45. The lowest BCUT2D eigenvalue weighted by Gasteiger charge is -2.25. The maximum Gasteiger partial charge on any atom is 0.323 e. The Kier molecular flexibility index (Phi) is 5.29. The molecule has 110 valence electrons. The van der Waals surface area contributed by atoms with E-state index < -0.39 is 11.5 Å². The highest BCUT2D eigenvalue weighted by atomic mass is 35.5. The van der Waals surface area contributed by atoms with Crippen LogP contribution in [0.25, 0.3) is 0 Å². The van der Waals surface area contributed by atoms with Crippen LogP contribution in [0.4, 0.5) is 0 Å². The number of hydrogen-bond donors (Lipinski definition) is 2. The van der Waals surface area contributed by atoms with E-state index in [4.69, 9.17) is 11.6 Å². The molecule has 0 saturated heterocycles. The standard InChI is InChI=1S/C14H19ClN2O2S/c1-2-7-17-14(13(18)19)6-5-11(8-14)20-12-4-3-10(15)9-16-12/h3-4,9,11,17H,2,5-8H2,1H3,(H,18,19). The lowest BCUT2D eigenvalue weighted by Crippen LogP contribution is -2.50. The first-order valence-corrected chi connectivity index (χ1v) is 8.08. The molecule has 6 heteroatoms. The van der Waals surface area contributed by atoms with E-state index in [0.717, 1.165) is 24.4 Å². The van der Waals surface area contributed by atoms with Gasteiger partial charge in [-0.2, -0.15) is 0 Å². The SMILES string of the molecule is CCCNC1(C(=O)O)CCC(Sc2ccc(Cl)cn2)C1. The summed E-state index contributed by atoms with van der Waals surface area (Å²) < 4.78 is 0. The Bertz CT molecular complexity index is 469. The second kappa shape index (κ2) is 6.78. The fourth-order valence-electron chi connectivity index (χ4n) is 2.50. The highest BCUT2D eigenvalue weighted by molar-refractivity contribution is 7.99. The van der Waals surface area contributed by atoms with E-state index in [2.05, 4.69) is 10.3 Å². The number of nitrogens with zero attached hydrogens (tertiary/aromatic N) is 1. The topological polar surface area (TPSA) is 62.2 Å². The van der Waals surface area contributed by atoms with Crippen LogP contribution in [0.3, 0.4) is 0 Å². The fraction of sp³-hybridized carbons (Fsp3) is 0.571. The minimum atomic E-state index is -0.764. The molecule has 0 radical (unpaired) electrons. The molecule has 0 bridgehead atoms. The van der Waals surface area contributed by atoms with Gasteiger partial charge in [0.05, 0.1) is 10.0 Å². The van der Waals surface area contributed by atoms with Crippen LogP contribution < -0.4 is 5.32 Å². The molecule has 0 spiro atoms. The van der Waals surface area contributed by atoms with Crippen LogP contribution in [0, 0.1) is 0 Å². The number of rotatable bonds is 6. The summed E-state index contributed by atoms with van der Waals surface area (Å²) in [6.07, 6.45) is 4.76. The summed E-state index contributed by atoms with van der Waals surface area (Å²) in [6.45, 7) is 2.78. The molecule has 0 amide bonds. The largest absolute Gasteiger partial charge is 0.480 e. The van der Waals surface area contributed by atoms with Gasteiger partial charge in [-0.1, -0.05) is 18.5 Å². The summed E-state index contributed by atoms with van der Waals surface area (Å²) in [6, 6.07) is 3.69. The third kappa shape index (κ3) is 3.65. The zero-order valence-electron chi connectivity index (χ0n) is 11.4. The molecule has 1 saturated carbocycles. The number of carboxylic acid groups (broad SMARTS) is 1. The third-order valence-electron chi connectivity index (χ3n) is 3.58. The lowest BCUT2D eigenvalue weighted by atomic mass is 9.98. The van der Waals surface area contributed by atoms with E-state index in [0.29, 0.717) is 17.9 Å². The Labute approximate surface area is 128 Å². The van der Waals surface area contributed by atoms with Crippen molar-refractivity contribution < 1.29 is 9.90 Å². The average molecular weight is 315 g/mol. The van der Waals surface area contributed by atoms with Crippen molar-refractivity contribution >= 4 is 29.3 Å². The maximum atomic E-state index is 11.6. The van der Waals surface area contributed by atoms with Crippen molar-refractivity contribution in [3.05, 3.63) is 23.4 Å².